The molecule has 0 aliphatic carbocycles. The summed E-state index contributed by atoms with van der Waals surface area (Å²) < 4.78 is 0. The molecule has 0 saturated heterocycles. The fraction of sp³-hybridized carbons (Fsp3) is 0.675. The Bertz CT molecular complexity index is 1650. The van der Waals surface area contributed by atoms with Gasteiger partial charge in [-0.3, -0.25) is 4.79 Å². The number of hydrogen-bond acceptors (Lipinski definition) is 3. The molecular weight excluding hydrogens is 987 g/mol. The Labute approximate surface area is 503 Å². The van der Waals surface area contributed by atoms with Crippen molar-refractivity contribution in [2.45, 2.75) is 328 Å². The number of unbranched alkanes of at least 4 members (excludes halogenated alkanes) is 33. The van der Waals surface area contributed by atoms with Gasteiger partial charge in [-0.1, -0.05) is 346 Å². The molecule has 0 heterocycles. The van der Waals surface area contributed by atoms with Gasteiger partial charge in [-0.05, 0) is 109 Å². The molecule has 0 bridgehead atoms. The highest BCUT2D eigenvalue weighted by atomic mass is 16.3. The van der Waals surface area contributed by atoms with Crippen molar-refractivity contribution in [3.05, 3.63) is 146 Å². The molecule has 0 aliphatic heterocycles. The van der Waals surface area contributed by atoms with Crippen molar-refractivity contribution < 1.29 is 15.0 Å². The molecule has 4 nitrogen and oxygen atoms in total. The van der Waals surface area contributed by atoms with Gasteiger partial charge in [0.2, 0.25) is 5.91 Å². The van der Waals surface area contributed by atoms with Gasteiger partial charge < -0.3 is 15.5 Å². The maximum absolute atomic E-state index is 12.5. The third-order valence-electron chi connectivity index (χ3n) is 15.1. The van der Waals surface area contributed by atoms with E-state index in [1.54, 1.807) is 6.08 Å². The zero-order chi connectivity index (χ0) is 58.4. The van der Waals surface area contributed by atoms with Crippen LogP contribution in [-0.2, 0) is 4.79 Å². The van der Waals surface area contributed by atoms with Crippen LogP contribution in [0.4, 0.5) is 0 Å². The zero-order valence-electron chi connectivity index (χ0n) is 53.3. The molecule has 4 heteroatoms. The first-order valence-corrected chi connectivity index (χ1v) is 34.5. The third kappa shape index (κ3) is 67.0. The van der Waals surface area contributed by atoms with Gasteiger partial charge in [-0.2, -0.15) is 0 Å². The lowest BCUT2D eigenvalue weighted by atomic mass is 10.0. The van der Waals surface area contributed by atoms with Crippen LogP contribution < -0.4 is 5.32 Å². The predicted molar refractivity (Wildman–Crippen MR) is 363 cm³/mol. The SMILES string of the molecule is CC/C=C\C/C=C\C/C=C\C/C=C\C/C=C\C/C=C\C/C=C\C/C=C\C/C=C\C/C=C\CCCCCCCCC(=O)NC(CO)C(O)/C=C/CC/C=C/CCCCCCCCCCCCCCCCCCCCCCCCCCCC. The van der Waals surface area contributed by atoms with Crippen LogP contribution in [0.25, 0.3) is 0 Å². The van der Waals surface area contributed by atoms with E-state index in [0.29, 0.717) is 6.42 Å². The van der Waals surface area contributed by atoms with Crippen LogP contribution in [0.1, 0.15) is 316 Å². The van der Waals surface area contributed by atoms with E-state index in [1.807, 2.05) is 6.08 Å². The molecule has 0 spiro atoms. The summed E-state index contributed by atoms with van der Waals surface area (Å²) in [5.41, 5.74) is 0. The molecule has 0 fully saturated rings. The first kappa shape index (κ1) is 77.3. The topological polar surface area (TPSA) is 69.6 Å². The van der Waals surface area contributed by atoms with E-state index in [0.717, 1.165) is 109 Å². The van der Waals surface area contributed by atoms with E-state index in [2.05, 4.69) is 153 Å². The number of carbonyl (C=O) groups is 1. The number of carbonyl (C=O) groups excluding carboxylic acids is 1. The average Bonchev–Trinajstić information content (AvgIpc) is 3.47. The van der Waals surface area contributed by atoms with Crippen molar-refractivity contribution in [2.75, 3.05) is 6.61 Å². The summed E-state index contributed by atoms with van der Waals surface area (Å²) >= 11 is 0. The summed E-state index contributed by atoms with van der Waals surface area (Å²) in [6, 6.07) is -0.660. The number of amides is 1. The van der Waals surface area contributed by atoms with Crippen LogP contribution in [0.2, 0.25) is 0 Å². The standard InChI is InChI=1S/C77H131NO3/c1-3-5-7-9-11-13-15-17-19-21-23-25-27-29-31-33-35-37-38-39-40-41-43-45-47-49-51-53-55-57-59-61-63-65-67-69-71-73-77(81)78-75(74-79)76(80)72-70-68-66-64-62-60-58-56-54-52-50-48-46-44-42-36-34-32-30-28-26-24-22-20-18-16-14-12-10-8-6-4-2/h5,7,11,13,17,19,23,25,29,31,35,37,39-40,43,45,49,51,55,57,62,64,70,72,75-76,79-80H,3-4,6,8-10,12,14-16,18,20-22,24,26-28,30,32-34,36,38,41-42,44,46-48,50,52-54,56,58-61,63,65-69,71,73-74H2,1-2H3,(H,78,81)/b7-5-,13-11-,19-17-,25-23-,31-29-,37-35-,40-39-,45-43-,51-49-,57-55-,64-62+,72-70+. The maximum atomic E-state index is 12.5. The Kier molecular flexibility index (Phi) is 67.3. The Balaban J connectivity index is 3.61. The molecule has 0 rings (SSSR count). The van der Waals surface area contributed by atoms with Crippen molar-refractivity contribution in [3.8, 4) is 0 Å². The number of nitrogens with one attached hydrogen (secondary N) is 1. The molecule has 0 aromatic heterocycles. The highest BCUT2D eigenvalue weighted by molar-refractivity contribution is 5.76. The predicted octanol–water partition coefficient (Wildman–Crippen LogP) is 23.9. The van der Waals surface area contributed by atoms with E-state index in [9.17, 15) is 15.0 Å². The van der Waals surface area contributed by atoms with Crippen molar-refractivity contribution in [1.82, 2.24) is 5.32 Å². The summed E-state index contributed by atoms with van der Waals surface area (Å²) in [5.74, 6) is -0.0914. The van der Waals surface area contributed by atoms with E-state index >= 15 is 0 Å². The smallest absolute Gasteiger partial charge is 0.220 e. The largest absolute Gasteiger partial charge is 0.394 e. The van der Waals surface area contributed by atoms with Gasteiger partial charge in [-0.25, -0.2) is 0 Å². The van der Waals surface area contributed by atoms with Gasteiger partial charge in [-0.15, -0.1) is 0 Å². The lowest BCUT2D eigenvalue weighted by Gasteiger charge is -2.19. The van der Waals surface area contributed by atoms with E-state index in [1.165, 1.54) is 186 Å². The van der Waals surface area contributed by atoms with Crippen LogP contribution in [0.3, 0.4) is 0 Å². The molecule has 81 heavy (non-hydrogen) atoms. The van der Waals surface area contributed by atoms with E-state index in [-0.39, 0.29) is 12.5 Å². The van der Waals surface area contributed by atoms with Crippen molar-refractivity contribution in [1.29, 1.82) is 0 Å². The van der Waals surface area contributed by atoms with Crippen LogP contribution >= 0.6 is 0 Å². The van der Waals surface area contributed by atoms with E-state index in [4.69, 9.17) is 0 Å². The molecule has 2 unspecified atom stereocenters. The number of aliphatic hydroxyl groups is 2. The normalized spacial score (nSPS) is 13.7. The average molecular weight is 1120 g/mol. The minimum absolute atomic E-state index is 0.0914. The molecule has 3 N–H and O–H groups in total. The lowest BCUT2D eigenvalue weighted by molar-refractivity contribution is -0.123. The first-order valence-electron chi connectivity index (χ1n) is 34.5. The van der Waals surface area contributed by atoms with Crippen molar-refractivity contribution in [2.24, 2.45) is 0 Å². The highest BCUT2D eigenvalue weighted by Gasteiger charge is 2.18. The first-order chi connectivity index (χ1) is 40.2. The Hall–Kier alpha value is -3.73. The number of aliphatic hydroxyl groups excluding tert-OH is 2. The zero-order valence-corrected chi connectivity index (χ0v) is 53.3. The molecular formula is C77H131NO3. The van der Waals surface area contributed by atoms with Gasteiger partial charge in [0.15, 0.2) is 0 Å². The Morgan fingerprint density at radius 2 is 0.556 bits per heavy atom. The van der Waals surface area contributed by atoms with Gasteiger partial charge in [0, 0.05) is 6.42 Å². The van der Waals surface area contributed by atoms with E-state index < -0.39 is 12.1 Å². The van der Waals surface area contributed by atoms with Gasteiger partial charge in [0.05, 0.1) is 18.8 Å². The fourth-order valence-electron chi connectivity index (χ4n) is 9.87. The Morgan fingerprint density at radius 1 is 0.309 bits per heavy atom. The monoisotopic (exact) mass is 1120 g/mol. The van der Waals surface area contributed by atoms with Crippen LogP contribution in [0, 0.1) is 0 Å². The third-order valence-corrected chi connectivity index (χ3v) is 15.1. The molecule has 0 aromatic carbocycles. The number of rotatable bonds is 62. The second-order valence-corrected chi connectivity index (χ2v) is 22.9. The summed E-state index contributed by atoms with van der Waals surface area (Å²) in [4.78, 5) is 12.5. The molecule has 2 atom stereocenters. The molecule has 0 radical (unpaired) electrons. The second kappa shape index (κ2) is 70.5. The molecule has 0 aliphatic rings. The lowest BCUT2D eigenvalue weighted by Crippen LogP contribution is -2.45. The van der Waals surface area contributed by atoms with Gasteiger partial charge in [0.1, 0.15) is 0 Å². The van der Waals surface area contributed by atoms with Gasteiger partial charge >= 0.3 is 0 Å². The Morgan fingerprint density at radius 3 is 0.864 bits per heavy atom. The number of allylic oxidation sites excluding steroid dienone is 23. The van der Waals surface area contributed by atoms with Gasteiger partial charge in [0.25, 0.3) is 0 Å². The quantitative estimate of drug-likeness (QED) is 0.0420. The summed E-state index contributed by atoms with van der Waals surface area (Å²) in [7, 11) is 0. The molecule has 1 amide bonds. The van der Waals surface area contributed by atoms with Crippen LogP contribution in [0.5, 0.6) is 0 Å². The molecule has 0 aromatic rings. The fourth-order valence-corrected chi connectivity index (χ4v) is 9.87. The minimum Gasteiger partial charge on any atom is -0.394 e. The molecule has 462 valence electrons. The second-order valence-electron chi connectivity index (χ2n) is 22.9. The van der Waals surface area contributed by atoms with Crippen LogP contribution in [0.15, 0.2) is 146 Å². The summed E-state index contributed by atoms with van der Waals surface area (Å²) in [6.07, 6.45) is 111. The molecule has 0 saturated carbocycles. The summed E-state index contributed by atoms with van der Waals surface area (Å²) in [5, 5.41) is 23.2. The van der Waals surface area contributed by atoms with Crippen LogP contribution in [-0.4, -0.2) is 34.9 Å². The maximum Gasteiger partial charge on any atom is 0.220 e. The number of hydrogen-bond donors (Lipinski definition) is 3. The summed E-state index contributed by atoms with van der Waals surface area (Å²) in [6.45, 7) is 4.19. The minimum atomic E-state index is -0.882. The van der Waals surface area contributed by atoms with Crippen molar-refractivity contribution >= 4 is 5.91 Å². The van der Waals surface area contributed by atoms with Crippen molar-refractivity contribution in [3.63, 3.8) is 0 Å². The highest BCUT2D eigenvalue weighted by Crippen LogP contribution is 2.17.